The van der Waals surface area contributed by atoms with Gasteiger partial charge in [-0.25, -0.2) is 4.79 Å². The van der Waals surface area contributed by atoms with Crippen LogP contribution in [0.15, 0.2) is 22.7 Å². The summed E-state index contributed by atoms with van der Waals surface area (Å²) in [5.74, 6) is -1.45. The summed E-state index contributed by atoms with van der Waals surface area (Å²) in [4.78, 5) is 26.2. The van der Waals surface area contributed by atoms with Gasteiger partial charge in [0.15, 0.2) is 0 Å². The summed E-state index contributed by atoms with van der Waals surface area (Å²) < 4.78 is 0.901. The number of hydrogen-bond donors (Lipinski definition) is 1. The molecule has 1 aliphatic heterocycles. The second-order valence-corrected chi connectivity index (χ2v) is 5.60. The number of urea groups is 1. The standard InChI is InChI=1S/C13H15BrN2O3/c1-8-3-4-10(5-11(8)14)16-7-9(12(17)18)6-15(2)13(16)19/h3-5,9H,6-7H2,1-2H3,(H,17,18). The van der Waals surface area contributed by atoms with Gasteiger partial charge >= 0.3 is 12.0 Å². The highest BCUT2D eigenvalue weighted by Crippen LogP contribution is 2.27. The zero-order chi connectivity index (χ0) is 14.2. The van der Waals surface area contributed by atoms with Crippen molar-refractivity contribution in [2.24, 2.45) is 5.92 Å². The molecule has 0 spiro atoms. The van der Waals surface area contributed by atoms with E-state index in [-0.39, 0.29) is 19.1 Å². The van der Waals surface area contributed by atoms with Gasteiger partial charge in [-0.2, -0.15) is 0 Å². The van der Waals surface area contributed by atoms with Crippen molar-refractivity contribution in [3.8, 4) is 0 Å². The molecule has 1 saturated heterocycles. The van der Waals surface area contributed by atoms with Crippen LogP contribution < -0.4 is 4.90 Å². The van der Waals surface area contributed by atoms with E-state index in [0.29, 0.717) is 5.69 Å². The Morgan fingerprint density at radius 2 is 2.11 bits per heavy atom. The molecule has 0 bridgehead atoms. The van der Waals surface area contributed by atoms with E-state index < -0.39 is 11.9 Å². The second kappa shape index (κ2) is 5.21. The second-order valence-electron chi connectivity index (χ2n) is 4.74. The summed E-state index contributed by atoms with van der Waals surface area (Å²) in [6, 6.07) is 5.39. The van der Waals surface area contributed by atoms with E-state index in [1.54, 1.807) is 7.05 Å². The SMILES string of the molecule is Cc1ccc(N2CC(C(=O)O)CN(C)C2=O)cc1Br. The fourth-order valence-electron chi connectivity index (χ4n) is 2.09. The number of carbonyl (C=O) groups excluding carboxylic acids is 1. The van der Waals surface area contributed by atoms with Crippen molar-refractivity contribution in [3.63, 3.8) is 0 Å². The summed E-state index contributed by atoms with van der Waals surface area (Å²) in [6.07, 6.45) is 0. The Labute approximate surface area is 119 Å². The smallest absolute Gasteiger partial charge is 0.324 e. The maximum absolute atomic E-state index is 12.1. The van der Waals surface area contributed by atoms with Crippen molar-refractivity contribution in [2.45, 2.75) is 6.92 Å². The predicted octanol–water partition coefficient (Wildman–Crippen LogP) is 2.33. The number of rotatable bonds is 2. The van der Waals surface area contributed by atoms with E-state index in [2.05, 4.69) is 15.9 Å². The molecule has 1 heterocycles. The molecule has 6 heteroatoms. The van der Waals surface area contributed by atoms with Crippen molar-refractivity contribution in [1.82, 2.24) is 4.90 Å². The summed E-state index contributed by atoms with van der Waals surface area (Å²) >= 11 is 3.42. The van der Waals surface area contributed by atoms with Crippen LogP contribution in [0, 0.1) is 12.8 Å². The molecule has 102 valence electrons. The average molecular weight is 327 g/mol. The minimum absolute atomic E-state index is 0.173. The molecule has 0 radical (unpaired) electrons. The Morgan fingerprint density at radius 3 is 2.68 bits per heavy atom. The van der Waals surface area contributed by atoms with Gasteiger partial charge < -0.3 is 10.0 Å². The molecule has 19 heavy (non-hydrogen) atoms. The van der Waals surface area contributed by atoms with Crippen LogP contribution in [0.5, 0.6) is 0 Å². The van der Waals surface area contributed by atoms with Crippen molar-refractivity contribution in [1.29, 1.82) is 0 Å². The normalized spacial score (nSPS) is 19.7. The molecule has 0 aliphatic carbocycles. The average Bonchev–Trinajstić information content (AvgIpc) is 2.35. The van der Waals surface area contributed by atoms with Crippen molar-refractivity contribution >= 4 is 33.6 Å². The van der Waals surface area contributed by atoms with E-state index in [4.69, 9.17) is 5.11 Å². The number of hydrogen-bond acceptors (Lipinski definition) is 2. The zero-order valence-electron chi connectivity index (χ0n) is 10.8. The van der Waals surface area contributed by atoms with Crippen LogP contribution in [0.2, 0.25) is 0 Å². The maximum atomic E-state index is 12.1. The van der Waals surface area contributed by atoms with E-state index in [1.165, 1.54) is 9.80 Å². The molecule has 1 aromatic rings. The molecule has 2 rings (SSSR count). The maximum Gasteiger partial charge on any atom is 0.324 e. The largest absolute Gasteiger partial charge is 0.481 e. The predicted molar refractivity (Wildman–Crippen MR) is 75.4 cm³/mol. The zero-order valence-corrected chi connectivity index (χ0v) is 12.3. The Kier molecular flexibility index (Phi) is 3.80. The monoisotopic (exact) mass is 326 g/mol. The van der Waals surface area contributed by atoms with Gasteiger partial charge in [0.1, 0.15) is 0 Å². The van der Waals surface area contributed by atoms with Crippen LogP contribution in [0.25, 0.3) is 0 Å². The first kappa shape index (κ1) is 13.9. The van der Waals surface area contributed by atoms with Gasteiger partial charge in [-0.1, -0.05) is 22.0 Å². The molecule has 1 atom stereocenters. The van der Waals surface area contributed by atoms with E-state index in [1.807, 2.05) is 25.1 Å². The molecule has 0 aromatic heterocycles. The number of carboxylic acid groups (broad SMARTS) is 1. The van der Waals surface area contributed by atoms with Gasteiger partial charge in [0.05, 0.1) is 5.92 Å². The van der Waals surface area contributed by atoms with Crippen LogP contribution in [0.4, 0.5) is 10.5 Å². The lowest BCUT2D eigenvalue weighted by Gasteiger charge is -2.36. The molecule has 1 N–H and O–H groups in total. The van der Waals surface area contributed by atoms with Crippen molar-refractivity contribution in [2.75, 3.05) is 25.0 Å². The molecule has 1 fully saturated rings. The van der Waals surface area contributed by atoms with Crippen LogP contribution in [0.3, 0.4) is 0 Å². The first-order valence-electron chi connectivity index (χ1n) is 5.91. The van der Waals surface area contributed by atoms with Gasteiger partial charge in [0.25, 0.3) is 0 Å². The van der Waals surface area contributed by atoms with Crippen LogP contribution in [-0.4, -0.2) is 42.1 Å². The molecule has 2 amide bonds. The minimum Gasteiger partial charge on any atom is -0.481 e. The molecular formula is C13H15BrN2O3. The number of nitrogens with zero attached hydrogens (tertiary/aromatic N) is 2. The lowest BCUT2D eigenvalue weighted by molar-refractivity contribution is -0.141. The highest BCUT2D eigenvalue weighted by atomic mass is 79.9. The van der Waals surface area contributed by atoms with E-state index in [9.17, 15) is 9.59 Å². The van der Waals surface area contributed by atoms with Gasteiger partial charge in [0.2, 0.25) is 0 Å². The lowest BCUT2D eigenvalue weighted by atomic mass is 10.1. The molecule has 1 unspecified atom stereocenters. The number of aryl methyl sites for hydroxylation is 1. The van der Waals surface area contributed by atoms with Crippen molar-refractivity contribution < 1.29 is 14.7 Å². The first-order chi connectivity index (χ1) is 8.90. The molecule has 0 saturated carbocycles. The van der Waals surface area contributed by atoms with Gasteiger partial charge in [0, 0.05) is 30.3 Å². The Bertz CT molecular complexity index is 533. The van der Waals surface area contributed by atoms with Gasteiger partial charge in [-0.15, -0.1) is 0 Å². The quantitative estimate of drug-likeness (QED) is 0.907. The summed E-state index contributed by atoms with van der Waals surface area (Å²) in [7, 11) is 1.62. The molecule has 1 aliphatic rings. The topological polar surface area (TPSA) is 60.9 Å². The number of anilines is 1. The first-order valence-corrected chi connectivity index (χ1v) is 6.71. The fraction of sp³-hybridized carbons (Fsp3) is 0.385. The highest BCUT2D eigenvalue weighted by Gasteiger charge is 2.34. The number of amides is 2. The molecule has 1 aromatic carbocycles. The Morgan fingerprint density at radius 1 is 1.42 bits per heavy atom. The summed E-state index contributed by atoms with van der Waals surface area (Å²) in [6.45, 7) is 2.41. The van der Waals surface area contributed by atoms with E-state index in [0.717, 1.165) is 10.0 Å². The Hall–Kier alpha value is -1.56. The van der Waals surface area contributed by atoms with Crippen LogP contribution in [-0.2, 0) is 4.79 Å². The number of aliphatic carboxylic acids is 1. The molecule has 5 nitrogen and oxygen atoms in total. The van der Waals surface area contributed by atoms with Gasteiger partial charge in [-0.05, 0) is 24.6 Å². The van der Waals surface area contributed by atoms with E-state index >= 15 is 0 Å². The fourth-order valence-corrected chi connectivity index (χ4v) is 2.46. The van der Waals surface area contributed by atoms with Gasteiger partial charge in [-0.3, -0.25) is 9.69 Å². The number of carbonyl (C=O) groups is 2. The summed E-state index contributed by atoms with van der Waals surface area (Å²) in [5, 5.41) is 9.13. The van der Waals surface area contributed by atoms with Crippen LogP contribution >= 0.6 is 15.9 Å². The third-order valence-corrected chi connectivity index (χ3v) is 4.13. The van der Waals surface area contributed by atoms with Crippen molar-refractivity contribution in [3.05, 3.63) is 28.2 Å². The number of halogens is 1. The minimum atomic E-state index is -0.879. The number of benzene rings is 1. The summed E-state index contributed by atoms with van der Waals surface area (Å²) in [5.41, 5.74) is 1.77. The van der Waals surface area contributed by atoms with Crippen LogP contribution in [0.1, 0.15) is 5.56 Å². The molecular weight excluding hydrogens is 312 g/mol. The highest BCUT2D eigenvalue weighted by molar-refractivity contribution is 9.10. The Balaban J connectivity index is 2.32. The third kappa shape index (κ3) is 2.73. The number of carboxylic acids is 1. The third-order valence-electron chi connectivity index (χ3n) is 3.27. The lowest BCUT2D eigenvalue weighted by Crippen LogP contribution is -2.54.